The summed E-state index contributed by atoms with van der Waals surface area (Å²) in [4.78, 5) is 27.0. The molecule has 0 radical (unpaired) electrons. The van der Waals surface area contributed by atoms with E-state index in [4.69, 9.17) is 4.74 Å². The predicted octanol–water partition coefficient (Wildman–Crippen LogP) is 3.88. The first-order chi connectivity index (χ1) is 12.5. The van der Waals surface area contributed by atoms with Gasteiger partial charge >= 0.3 is 0 Å². The summed E-state index contributed by atoms with van der Waals surface area (Å²) in [5.74, 6) is 0.280. The number of carbonyl (C=O) groups excluding carboxylic acids is 2. The molecule has 0 atom stereocenters. The number of ketones is 1. The van der Waals surface area contributed by atoms with Crippen LogP contribution in [0, 0.1) is 18.7 Å². The number of rotatable bonds is 4. The third-order valence-corrected chi connectivity index (χ3v) is 4.93. The number of hydrogen-bond donors (Lipinski definition) is 0. The topological polar surface area (TPSA) is 46.6 Å². The van der Waals surface area contributed by atoms with Crippen LogP contribution in [0.2, 0.25) is 0 Å². The molecule has 2 aromatic rings. The van der Waals surface area contributed by atoms with Gasteiger partial charge in [-0.3, -0.25) is 9.59 Å². The molecule has 0 N–H and O–H groups in total. The number of halogens is 1. The highest BCUT2D eigenvalue weighted by Crippen LogP contribution is 2.24. The lowest BCUT2D eigenvalue weighted by atomic mass is 9.88. The number of piperidine rings is 1. The molecule has 4 nitrogen and oxygen atoms in total. The zero-order valence-electron chi connectivity index (χ0n) is 15.0. The maximum Gasteiger partial charge on any atom is 0.253 e. The highest BCUT2D eigenvalue weighted by molar-refractivity contribution is 5.98. The molecule has 136 valence electrons. The quantitative estimate of drug-likeness (QED) is 0.782. The summed E-state index contributed by atoms with van der Waals surface area (Å²) in [5, 5.41) is 0. The molecule has 5 heteroatoms. The molecule has 2 aromatic carbocycles. The van der Waals surface area contributed by atoms with Crippen LogP contribution in [-0.2, 0) is 0 Å². The predicted molar refractivity (Wildman–Crippen MR) is 97.1 cm³/mol. The maximum absolute atomic E-state index is 13.4. The molecule has 1 amide bonds. The maximum atomic E-state index is 13.4. The van der Waals surface area contributed by atoms with Crippen molar-refractivity contribution in [1.29, 1.82) is 0 Å². The van der Waals surface area contributed by atoms with Crippen molar-refractivity contribution in [2.45, 2.75) is 19.8 Å². The molecule has 1 aliphatic rings. The van der Waals surface area contributed by atoms with Crippen molar-refractivity contribution in [2.75, 3.05) is 20.2 Å². The molecule has 0 saturated carbocycles. The van der Waals surface area contributed by atoms with E-state index in [9.17, 15) is 14.0 Å². The minimum atomic E-state index is -0.304. The van der Waals surface area contributed by atoms with Crippen molar-refractivity contribution in [3.63, 3.8) is 0 Å². The number of benzene rings is 2. The van der Waals surface area contributed by atoms with E-state index >= 15 is 0 Å². The molecule has 0 unspecified atom stereocenters. The molecular formula is C21H22FNO3. The lowest BCUT2D eigenvalue weighted by molar-refractivity contribution is 0.0650. The van der Waals surface area contributed by atoms with Crippen LogP contribution in [-0.4, -0.2) is 36.8 Å². The van der Waals surface area contributed by atoms with Crippen LogP contribution in [0.5, 0.6) is 5.75 Å². The molecule has 1 heterocycles. The summed E-state index contributed by atoms with van der Waals surface area (Å²) in [6.45, 7) is 2.74. The van der Waals surface area contributed by atoms with Crippen molar-refractivity contribution in [3.8, 4) is 5.75 Å². The normalized spacial score (nSPS) is 15.0. The van der Waals surface area contributed by atoms with Gasteiger partial charge in [0.2, 0.25) is 0 Å². The molecule has 0 aliphatic carbocycles. The second-order valence-electron chi connectivity index (χ2n) is 6.62. The summed E-state index contributed by atoms with van der Waals surface area (Å²) in [6, 6.07) is 11.5. The van der Waals surface area contributed by atoms with Crippen molar-refractivity contribution in [1.82, 2.24) is 4.90 Å². The number of Topliss-reactive ketones (excluding diaryl/α,β-unsaturated/α-hetero) is 1. The smallest absolute Gasteiger partial charge is 0.253 e. The van der Waals surface area contributed by atoms with Crippen LogP contribution < -0.4 is 4.74 Å². The van der Waals surface area contributed by atoms with Crippen LogP contribution in [0.1, 0.15) is 39.1 Å². The minimum Gasteiger partial charge on any atom is -0.497 e. The van der Waals surface area contributed by atoms with Crippen LogP contribution in [0.4, 0.5) is 4.39 Å². The molecule has 1 aliphatic heterocycles. The van der Waals surface area contributed by atoms with Gasteiger partial charge in [0.15, 0.2) is 5.78 Å². The van der Waals surface area contributed by atoms with Gasteiger partial charge in [-0.15, -0.1) is 0 Å². The molecular weight excluding hydrogens is 333 g/mol. The zero-order valence-corrected chi connectivity index (χ0v) is 15.0. The lowest BCUT2D eigenvalue weighted by Crippen LogP contribution is -2.40. The van der Waals surface area contributed by atoms with Crippen LogP contribution in [0.25, 0.3) is 0 Å². The third-order valence-electron chi connectivity index (χ3n) is 4.93. The molecule has 3 rings (SSSR count). The Bertz CT molecular complexity index is 809. The number of methoxy groups -OCH3 is 1. The summed E-state index contributed by atoms with van der Waals surface area (Å²) in [6.07, 6.45) is 1.24. The van der Waals surface area contributed by atoms with E-state index in [1.165, 1.54) is 6.07 Å². The van der Waals surface area contributed by atoms with E-state index < -0.39 is 0 Å². The van der Waals surface area contributed by atoms with Gasteiger partial charge in [-0.25, -0.2) is 4.39 Å². The first kappa shape index (κ1) is 18.1. The number of ether oxygens (including phenoxy) is 1. The van der Waals surface area contributed by atoms with Crippen molar-refractivity contribution >= 4 is 11.7 Å². The average molecular weight is 355 g/mol. The second-order valence-corrected chi connectivity index (χ2v) is 6.62. The molecule has 0 bridgehead atoms. The number of hydrogen-bond acceptors (Lipinski definition) is 3. The molecule has 1 fully saturated rings. The Morgan fingerprint density at radius 1 is 1.04 bits per heavy atom. The van der Waals surface area contributed by atoms with E-state index in [-0.39, 0.29) is 23.4 Å². The Labute approximate surface area is 152 Å². The molecule has 26 heavy (non-hydrogen) atoms. The minimum absolute atomic E-state index is 0.0313. The van der Waals surface area contributed by atoms with Crippen molar-refractivity contribution < 1.29 is 18.7 Å². The SMILES string of the molecule is COc1ccc(C(=O)N2CCC(C(=O)c3ccc(F)c(C)c3)CC2)cc1. The molecule has 1 saturated heterocycles. The molecule has 0 aromatic heterocycles. The zero-order chi connectivity index (χ0) is 18.7. The average Bonchev–Trinajstić information content (AvgIpc) is 2.69. The highest BCUT2D eigenvalue weighted by atomic mass is 19.1. The fraction of sp³-hybridized carbons (Fsp3) is 0.333. The number of likely N-dealkylation sites (tertiary alicyclic amines) is 1. The lowest BCUT2D eigenvalue weighted by Gasteiger charge is -2.31. The van der Waals surface area contributed by atoms with Gasteiger partial charge in [-0.2, -0.15) is 0 Å². The van der Waals surface area contributed by atoms with Crippen molar-refractivity contribution in [2.24, 2.45) is 5.92 Å². The number of amides is 1. The first-order valence-electron chi connectivity index (χ1n) is 8.73. The first-order valence-corrected chi connectivity index (χ1v) is 8.73. The number of carbonyl (C=O) groups is 2. The van der Waals surface area contributed by atoms with Gasteiger partial charge < -0.3 is 9.64 Å². The van der Waals surface area contributed by atoms with Crippen LogP contribution in [0.15, 0.2) is 42.5 Å². The van der Waals surface area contributed by atoms with Crippen molar-refractivity contribution in [3.05, 3.63) is 65.0 Å². The standard InChI is InChI=1S/C21H22FNO3/c1-14-13-17(5-8-19(14)22)20(24)15-9-11-23(12-10-15)21(25)16-3-6-18(26-2)7-4-16/h3-8,13,15H,9-12H2,1-2H3. The Kier molecular flexibility index (Phi) is 5.35. The monoisotopic (exact) mass is 355 g/mol. The number of aryl methyl sites for hydroxylation is 1. The van der Waals surface area contributed by atoms with E-state index in [0.29, 0.717) is 48.4 Å². The second kappa shape index (κ2) is 7.68. The van der Waals surface area contributed by atoms with Gasteiger partial charge in [-0.05, 0) is 67.8 Å². The Morgan fingerprint density at radius 3 is 2.23 bits per heavy atom. The van der Waals surface area contributed by atoms with E-state index in [0.717, 1.165) is 0 Å². The van der Waals surface area contributed by atoms with Crippen LogP contribution in [0.3, 0.4) is 0 Å². The van der Waals surface area contributed by atoms with E-state index in [1.54, 1.807) is 55.3 Å². The third kappa shape index (κ3) is 3.77. The van der Waals surface area contributed by atoms with Gasteiger partial charge in [0, 0.05) is 30.1 Å². The highest BCUT2D eigenvalue weighted by Gasteiger charge is 2.28. The van der Waals surface area contributed by atoms with E-state index in [2.05, 4.69) is 0 Å². The Hall–Kier alpha value is -2.69. The number of nitrogens with zero attached hydrogens (tertiary/aromatic N) is 1. The van der Waals surface area contributed by atoms with Gasteiger partial charge in [0.1, 0.15) is 11.6 Å². The summed E-state index contributed by atoms with van der Waals surface area (Å²) >= 11 is 0. The Morgan fingerprint density at radius 2 is 1.65 bits per heavy atom. The Balaban J connectivity index is 1.61. The van der Waals surface area contributed by atoms with Crippen LogP contribution >= 0.6 is 0 Å². The summed E-state index contributed by atoms with van der Waals surface area (Å²) in [7, 11) is 1.58. The van der Waals surface area contributed by atoms with E-state index in [1.807, 2.05) is 0 Å². The molecule has 0 spiro atoms. The summed E-state index contributed by atoms with van der Waals surface area (Å²) < 4.78 is 18.5. The van der Waals surface area contributed by atoms with Gasteiger partial charge in [0.05, 0.1) is 7.11 Å². The largest absolute Gasteiger partial charge is 0.497 e. The van der Waals surface area contributed by atoms with Gasteiger partial charge in [0.25, 0.3) is 5.91 Å². The summed E-state index contributed by atoms with van der Waals surface area (Å²) in [5.41, 5.74) is 1.64. The fourth-order valence-corrected chi connectivity index (χ4v) is 3.29. The van der Waals surface area contributed by atoms with Gasteiger partial charge in [-0.1, -0.05) is 0 Å². The fourth-order valence-electron chi connectivity index (χ4n) is 3.29.